The molecule has 0 spiro atoms. The van der Waals surface area contributed by atoms with E-state index in [2.05, 4.69) is 10.6 Å². The van der Waals surface area contributed by atoms with Crippen LogP contribution in [0, 0.1) is 0 Å². The molecular formula is C14H19N3O2. The monoisotopic (exact) mass is 261 g/mol. The van der Waals surface area contributed by atoms with E-state index in [1.807, 2.05) is 18.2 Å². The van der Waals surface area contributed by atoms with E-state index in [0.717, 1.165) is 12.0 Å². The van der Waals surface area contributed by atoms with Crippen LogP contribution in [0.4, 0.5) is 0 Å². The van der Waals surface area contributed by atoms with Crippen molar-refractivity contribution in [3.63, 3.8) is 0 Å². The van der Waals surface area contributed by atoms with Crippen molar-refractivity contribution < 1.29 is 9.59 Å². The Balaban J connectivity index is 1.94. The van der Waals surface area contributed by atoms with Gasteiger partial charge in [-0.25, -0.2) is 0 Å². The third-order valence-electron chi connectivity index (χ3n) is 3.27. The molecule has 1 unspecified atom stereocenters. The summed E-state index contributed by atoms with van der Waals surface area (Å²) in [6.45, 7) is 0.991. The SMILES string of the molecule is NCCc1ccccc1C(=O)NCC1CCC(=O)N1. The molecule has 1 fully saturated rings. The first-order valence-electron chi connectivity index (χ1n) is 6.56. The highest BCUT2D eigenvalue weighted by molar-refractivity contribution is 5.95. The molecule has 0 aliphatic carbocycles. The maximum absolute atomic E-state index is 12.1. The molecule has 19 heavy (non-hydrogen) atoms. The van der Waals surface area contributed by atoms with Crippen molar-refractivity contribution in [1.29, 1.82) is 0 Å². The van der Waals surface area contributed by atoms with E-state index in [1.165, 1.54) is 0 Å². The van der Waals surface area contributed by atoms with Gasteiger partial charge in [0.25, 0.3) is 5.91 Å². The van der Waals surface area contributed by atoms with Crippen molar-refractivity contribution in [3.05, 3.63) is 35.4 Å². The van der Waals surface area contributed by atoms with Crippen LogP contribution < -0.4 is 16.4 Å². The van der Waals surface area contributed by atoms with E-state index in [0.29, 0.717) is 31.5 Å². The summed E-state index contributed by atoms with van der Waals surface area (Å²) < 4.78 is 0. The summed E-state index contributed by atoms with van der Waals surface area (Å²) in [4.78, 5) is 23.2. The van der Waals surface area contributed by atoms with Crippen molar-refractivity contribution in [3.8, 4) is 0 Å². The lowest BCUT2D eigenvalue weighted by molar-refractivity contribution is -0.119. The number of hydrogen-bond donors (Lipinski definition) is 3. The van der Waals surface area contributed by atoms with Crippen molar-refractivity contribution in [2.45, 2.75) is 25.3 Å². The van der Waals surface area contributed by atoms with Crippen LogP contribution in [-0.2, 0) is 11.2 Å². The molecule has 1 saturated heterocycles. The summed E-state index contributed by atoms with van der Waals surface area (Å²) in [5, 5.41) is 5.69. The van der Waals surface area contributed by atoms with Crippen LogP contribution in [-0.4, -0.2) is 30.9 Å². The van der Waals surface area contributed by atoms with Crippen molar-refractivity contribution in [2.24, 2.45) is 5.73 Å². The molecule has 1 aromatic rings. The standard InChI is InChI=1S/C14H19N3O2/c15-8-7-10-3-1-2-4-12(10)14(19)16-9-11-5-6-13(18)17-11/h1-4,11H,5-9,15H2,(H,16,19)(H,17,18). The first kappa shape index (κ1) is 13.5. The van der Waals surface area contributed by atoms with Gasteiger partial charge in [-0.15, -0.1) is 0 Å². The minimum absolute atomic E-state index is 0.0538. The maximum Gasteiger partial charge on any atom is 0.251 e. The molecule has 0 saturated carbocycles. The zero-order valence-electron chi connectivity index (χ0n) is 10.8. The number of benzene rings is 1. The van der Waals surface area contributed by atoms with Crippen LogP contribution >= 0.6 is 0 Å². The summed E-state index contributed by atoms with van der Waals surface area (Å²) in [5.74, 6) is -0.0482. The molecule has 102 valence electrons. The van der Waals surface area contributed by atoms with Crippen LogP contribution in [0.1, 0.15) is 28.8 Å². The molecule has 5 nitrogen and oxygen atoms in total. The Kier molecular flexibility index (Phi) is 4.52. The smallest absolute Gasteiger partial charge is 0.251 e. The van der Waals surface area contributed by atoms with Gasteiger partial charge < -0.3 is 16.4 Å². The molecule has 1 aromatic carbocycles. The summed E-state index contributed by atoms with van der Waals surface area (Å²) >= 11 is 0. The molecule has 4 N–H and O–H groups in total. The van der Waals surface area contributed by atoms with Crippen LogP contribution in [0.3, 0.4) is 0 Å². The minimum Gasteiger partial charge on any atom is -0.352 e. The molecule has 1 atom stereocenters. The van der Waals surface area contributed by atoms with Gasteiger partial charge in [0.05, 0.1) is 0 Å². The van der Waals surface area contributed by atoms with E-state index in [9.17, 15) is 9.59 Å². The summed E-state index contributed by atoms with van der Waals surface area (Å²) in [6.07, 6.45) is 2.01. The molecule has 5 heteroatoms. The highest BCUT2D eigenvalue weighted by Gasteiger charge is 2.21. The summed E-state index contributed by atoms with van der Waals surface area (Å²) in [7, 11) is 0. The van der Waals surface area contributed by atoms with Gasteiger partial charge in [0.1, 0.15) is 0 Å². The normalized spacial score (nSPS) is 18.2. The molecule has 1 heterocycles. The van der Waals surface area contributed by atoms with E-state index < -0.39 is 0 Å². The van der Waals surface area contributed by atoms with Crippen molar-refractivity contribution in [1.82, 2.24) is 10.6 Å². The zero-order chi connectivity index (χ0) is 13.7. The topological polar surface area (TPSA) is 84.2 Å². The Morgan fingerprint density at radius 2 is 2.21 bits per heavy atom. The highest BCUT2D eigenvalue weighted by atomic mass is 16.2. The number of carbonyl (C=O) groups excluding carboxylic acids is 2. The van der Waals surface area contributed by atoms with Gasteiger partial charge in [0.2, 0.25) is 5.91 Å². The quantitative estimate of drug-likeness (QED) is 0.707. The van der Waals surface area contributed by atoms with Crippen molar-refractivity contribution >= 4 is 11.8 Å². The van der Waals surface area contributed by atoms with Crippen LogP contribution in [0.25, 0.3) is 0 Å². The predicted octanol–water partition coefficient (Wildman–Crippen LogP) is 0.196. The second-order valence-electron chi connectivity index (χ2n) is 4.71. The Labute approximate surface area is 112 Å². The van der Waals surface area contributed by atoms with Crippen LogP contribution in [0.2, 0.25) is 0 Å². The molecule has 1 aliphatic heterocycles. The number of hydrogen-bond acceptors (Lipinski definition) is 3. The van der Waals surface area contributed by atoms with E-state index in [4.69, 9.17) is 5.73 Å². The summed E-state index contributed by atoms with van der Waals surface area (Å²) in [6, 6.07) is 7.51. The first-order chi connectivity index (χ1) is 9.20. The second-order valence-corrected chi connectivity index (χ2v) is 4.71. The molecule has 0 aromatic heterocycles. The van der Waals surface area contributed by atoms with E-state index in [1.54, 1.807) is 6.07 Å². The predicted molar refractivity (Wildman–Crippen MR) is 72.7 cm³/mol. The van der Waals surface area contributed by atoms with Gasteiger partial charge in [-0.3, -0.25) is 9.59 Å². The molecule has 2 amide bonds. The van der Waals surface area contributed by atoms with Crippen molar-refractivity contribution in [2.75, 3.05) is 13.1 Å². The lowest BCUT2D eigenvalue weighted by Gasteiger charge is -2.13. The first-order valence-corrected chi connectivity index (χ1v) is 6.56. The number of nitrogens with one attached hydrogen (secondary N) is 2. The van der Waals surface area contributed by atoms with E-state index in [-0.39, 0.29) is 17.9 Å². The highest BCUT2D eigenvalue weighted by Crippen LogP contribution is 2.10. The van der Waals surface area contributed by atoms with Crippen LogP contribution in [0.15, 0.2) is 24.3 Å². The third-order valence-corrected chi connectivity index (χ3v) is 3.27. The molecule has 1 aliphatic rings. The van der Waals surface area contributed by atoms with Gasteiger partial charge in [0.15, 0.2) is 0 Å². The van der Waals surface area contributed by atoms with E-state index >= 15 is 0 Å². The Bertz CT molecular complexity index is 474. The zero-order valence-corrected chi connectivity index (χ0v) is 10.8. The third kappa shape index (κ3) is 3.54. The number of nitrogens with two attached hydrogens (primary N) is 1. The number of rotatable bonds is 5. The average molecular weight is 261 g/mol. The van der Waals surface area contributed by atoms with Crippen LogP contribution in [0.5, 0.6) is 0 Å². The molecule has 0 radical (unpaired) electrons. The molecule has 0 bridgehead atoms. The van der Waals surface area contributed by atoms with Gasteiger partial charge in [-0.05, 0) is 31.0 Å². The fourth-order valence-corrected chi connectivity index (χ4v) is 2.26. The lowest BCUT2D eigenvalue weighted by atomic mass is 10.0. The Morgan fingerprint density at radius 3 is 2.89 bits per heavy atom. The largest absolute Gasteiger partial charge is 0.352 e. The fraction of sp³-hybridized carbons (Fsp3) is 0.429. The van der Waals surface area contributed by atoms with Gasteiger partial charge >= 0.3 is 0 Å². The minimum atomic E-state index is -0.106. The Morgan fingerprint density at radius 1 is 1.42 bits per heavy atom. The lowest BCUT2D eigenvalue weighted by Crippen LogP contribution is -2.38. The second kappa shape index (κ2) is 6.33. The number of carbonyl (C=O) groups is 2. The number of amides is 2. The molecule has 2 rings (SSSR count). The fourth-order valence-electron chi connectivity index (χ4n) is 2.26. The molecular weight excluding hydrogens is 242 g/mol. The van der Waals surface area contributed by atoms with Gasteiger partial charge in [-0.1, -0.05) is 18.2 Å². The average Bonchev–Trinajstić information content (AvgIpc) is 2.83. The summed E-state index contributed by atoms with van der Waals surface area (Å²) in [5.41, 5.74) is 7.16. The van der Waals surface area contributed by atoms with Gasteiger partial charge in [0, 0.05) is 24.6 Å². The van der Waals surface area contributed by atoms with Gasteiger partial charge in [-0.2, -0.15) is 0 Å². The maximum atomic E-state index is 12.1. The Hall–Kier alpha value is -1.88.